The Labute approximate surface area is 77.4 Å². The minimum atomic E-state index is -0.937. The maximum atomic E-state index is 12.8. The smallest absolute Gasteiger partial charge is 0.122 e. The lowest BCUT2D eigenvalue weighted by molar-refractivity contribution is 0.374. The van der Waals surface area contributed by atoms with Gasteiger partial charge in [0.25, 0.3) is 0 Å². The van der Waals surface area contributed by atoms with Crippen molar-refractivity contribution >= 4 is 11.6 Å². The topological polar surface area (TPSA) is 0 Å². The molecule has 0 N–H and O–H groups in total. The van der Waals surface area contributed by atoms with Gasteiger partial charge in [0, 0.05) is 5.02 Å². The summed E-state index contributed by atoms with van der Waals surface area (Å²) >= 11 is 5.91. The summed E-state index contributed by atoms with van der Waals surface area (Å²) in [4.78, 5) is 0. The zero-order valence-corrected chi connectivity index (χ0v) is 8.03. The molecule has 0 nitrogen and oxygen atoms in total. The highest BCUT2D eigenvalue weighted by molar-refractivity contribution is 6.31. The third-order valence-electron chi connectivity index (χ3n) is 1.92. The molecule has 0 radical (unpaired) electrons. The molecule has 1 unspecified atom stereocenters. The predicted octanol–water partition coefficient (Wildman–Crippen LogP) is 3.93. The molecule has 0 bridgehead atoms. The van der Waals surface area contributed by atoms with Gasteiger partial charge >= 0.3 is 0 Å². The van der Waals surface area contributed by atoms with Gasteiger partial charge in [-0.25, -0.2) is 4.39 Å². The summed E-state index contributed by atoms with van der Waals surface area (Å²) in [5.74, 6) is 0. The van der Waals surface area contributed by atoms with Gasteiger partial charge in [0.1, 0.15) is 6.17 Å². The molecule has 0 aromatic heterocycles. The minimum absolute atomic E-state index is 0.650. The summed E-state index contributed by atoms with van der Waals surface area (Å²) in [6.45, 7) is 3.54. The van der Waals surface area contributed by atoms with Crippen molar-refractivity contribution in [3.8, 4) is 0 Å². The minimum Gasteiger partial charge on any atom is -0.243 e. The first-order valence-electron chi connectivity index (χ1n) is 4.07. The van der Waals surface area contributed by atoms with E-state index < -0.39 is 6.17 Å². The van der Waals surface area contributed by atoms with E-state index in [2.05, 4.69) is 0 Å². The van der Waals surface area contributed by atoms with Crippen molar-refractivity contribution < 1.29 is 4.39 Å². The molecule has 0 aliphatic rings. The molecule has 0 amide bonds. The molecule has 0 spiro atoms. The Morgan fingerprint density at radius 2 is 2.17 bits per heavy atom. The van der Waals surface area contributed by atoms with Crippen LogP contribution in [0.5, 0.6) is 0 Å². The van der Waals surface area contributed by atoms with Crippen LogP contribution in [0.4, 0.5) is 4.39 Å². The first kappa shape index (κ1) is 9.53. The van der Waals surface area contributed by atoms with E-state index in [1.54, 1.807) is 12.1 Å². The summed E-state index contributed by atoms with van der Waals surface area (Å²) in [5, 5.41) is 0.666. The van der Waals surface area contributed by atoms with E-state index in [1.807, 2.05) is 13.0 Å². The van der Waals surface area contributed by atoms with Gasteiger partial charge in [-0.2, -0.15) is 0 Å². The van der Waals surface area contributed by atoms with E-state index in [0.29, 0.717) is 10.6 Å². The third kappa shape index (κ3) is 1.98. The van der Waals surface area contributed by atoms with Crippen LogP contribution in [0, 0.1) is 0 Å². The Bertz CT molecular complexity index is 269. The molecule has 0 heterocycles. The van der Waals surface area contributed by atoms with Crippen LogP contribution in [0.25, 0.3) is 0 Å². The Kier molecular flexibility index (Phi) is 3.10. The third-order valence-corrected chi connectivity index (χ3v) is 2.27. The van der Waals surface area contributed by atoms with Gasteiger partial charge in [-0.15, -0.1) is 0 Å². The fourth-order valence-electron chi connectivity index (χ4n) is 1.10. The molecule has 0 saturated heterocycles. The molecule has 1 aromatic carbocycles. The number of aryl methyl sites for hydroxylation is 1. The van der Waals surface area contributed by atoms with Crippen molar-refractivity contribution in [2.24, 2.45) is 0 Å². The van der Waals surface area contributed by atoms with Gasteiger partial charge in [0.15, 0.2) is 0 Å². The molecule has 0 fully saturated rings. The van der Waals surface area contributed by atoms with E-state index in [9.17, 15) is 4.39 Å². The van der Waals surface area contributed by atoms with Crippen molar-refractivity contribution in [2.45, 2.75) is 26.4 Å². The fraction of sp³-hybridized carbons (Fsp3) is 0.400. The Balaban J connectivity index is 3.02. The highest BCUT2D eigenvalue weighted by Crippen LogP contribution is 2.23. The van der Waals surface area contributed by atoms with Crippen molar-refractivity contribution in [1.29, 1.82) is 0 Å². The van der Waals surface area contributed by atoms with Crippen LogP contribution in [0.3, 0.4) is 0 Å². The quantitative estimate of drug-likeness (QED) is 0.657. The number of alkyl halides is 1. The molecule has 12 heavy (non-hydrogen) atoms. The van der Waals surface area contributed by atoms with E-state index in [0.717, 1.165) is 12.0 Å². The number of hydrogen-bond donors (Lipinski definition) is 0. The van der Waals surface area contributed by atoms with Crippen LogP contribution in [0.1, 0.15) is 31.1 Å². The molecule has 0 aliphatic carbocycles. The number of halogens is 2. The number of benzene rings is 1. The standard InChI is InChI=1S/C10H12ClF/c1-3-8-4-5-9(7(2)12)6-10(8)11/h4-7H,3H2,1-2H3. The van der Waals surface area contributed by atoms with E-state index in [4.69, 9.17) is 11.6 Å². The summed E-state index contributed by atoms with van der Waals surface area (Å²) in [6.07, 6.45) is -0.0480. The van der Waals surface area contributed by atoms with Gasteiger partial charge in [-0.05, 0) is 30.5 Å². The second kappa shape index (κ2) is 3.90. The van der Waals surface area contributed by atoms with Gasteiger partial charge in [0.2, 0.25) is 0 Å². The molecule has 2 heteroatoms. The predicted molar refractivity (Wildman–Crippen MR) is 50.4 cm³/mol. The summed E-state index contributed by atoms with van der Waals surface area (Å²) in [5.41, 5.74) is 1.72. The van der Waals surface area contributed by atoms with E-state index in [-0.39, 0.29) is 0 Å². The highest BCUT2D eigenvalue weighted by atomic mass is 35.5. The SMILES string of the molecule is CCc1ccc(C(C)F)cc1Cl. The lowest BCUT2D eigenvalue weighted by Gasteiger charge is -2.05. The molecule has 1 aromatic rings. The molecule has 1 rings (SSSR count). The molecule has 0 aliphatic heterocycles. The van der Waals surface area contributed by atoms with Crippen molar-refractivity contribution in [1.82, 2.24) is 0 Å². The molecule has 0 saturated carbocycles. The number of hydrogen-bond acceptors (Lipinski definition) is 0. The van der Waals surface area contributed by atoms with Crippen LogP contribution in [0.2, 0.25) is 5.02 Å². The lowest BCUT2D eigenvalue weighted by atomic mass is 10.1. The van der Waals surface area contributed by atoms with Crippen LogP contribution in [0.15, 0.2) is 18.2 Å². The second-order valence-electron chi connectivity index (χ2n) is 2.82. The Hall–Kier alpha value is -0.560. The first-order valence-corrected chi connectivity index (χ1v) is 4.45. The van der Waals surface area contributed by atoms with Crippen LogP contribution in [-0.2, 0) is 6.42 Å². The number of rotatable bonds is 2. The van der Waals surface area contributed by atoms with E-state index in [1.165, 1.54) is 6.92 Å². The normalized spacial score (nSPS) is 13.0. The van der Waals surface area contributed by atoms with E-state index >= 15 is 0 Å². The van der Waals surface area contributed by atoms with Gasteiger partial charge in [-0.1, -0.05) is 30.7 Å². The van der Waals surface area contributed by atoms with Crippen molar-refractivity contribution in [3.63, 3.8) is 0 Å². The summed E-state index contributed by atoms with van der Waals surface area (Å²) < 4.78 is 12.8. The highest BCUT2D eigenvalue weighted by Gasteiger charge is 2.05. The maximum Gasteiger partial charge on any atom is 0.122 e. The first-order chi connectivity index (χ1) is 5.65. The van der Waals surface area contributed by atoms with Crippen LogP contribution >= 0.6 is 11.6 Å². The Morgan fingerprint density at radius 3 is 2.58 bits per heavy atom. The van der Waals surface area contributed by atoms with Gasteiger partial charge in [0.05, 0.1) is 0 Å². The van der Waals surface area contributed by atoms with Gasteiger partial charge < -0.3 is 0 Å². The Morgan fingerprint density at radius 1 is 1.50 bits per heavy atom. The fourth-order valence-corrected chi connectivity index (χ4v) is 1.42. The maximum absolute atomic E-state index is 12.8. The zero-order valence-electron chi connectivity index (χ0n) is 7.27. The monoisotopic (exact) mass is 186 g/mol. The molecular weight excluding hydrogens is 175 g/mol. The lowest BCUT2D eigenvalue weighted by Crippen LogP contribution is -1.88. The summed E-state index contributed by atoms with van der Waals surface area (Å²) in [7, 11) is 0. The van der Waals surface area contributed by atoms with Crippen molar-refractivity contribution in [2.75, 3.05) is 0 Å². The van der Waals surface area contributed by atoms with Crippen molar-refractivity contribution in [3.05, 3.63) is 34.3 Å². The zero-order chi connectivity index (χ0) is 9.14. The average molecular weight is 187 g/mol. The van der Waals surface area contributed by atoms with Gasteiger partial charge in [-0.3, -0.25) is 0 Å². The molecular formula is C10H12ClF. The van der Waals surface area contributed by atoms with Crippen LogP contribution < -0.4 is 0 Å². The molecule has 1 atom stereocenters. The molecule has 66 valence electrons. The largest absolute Gasteiger partial charge is 0.243 e. The second-order valence-corrected chi connectivity index (χ2v) is 3.23. The van der Waals surface area contributed by atoms with Crippen LogP contribution in [-0.4, -0.2) is 0 Å². The summed E-state index contributed by atoms with van der Waals surface area (Å²) in [6, 6.07) is 5.37. The average Bonchev–Trinajstić information content (AvgIpc) is 2.04.